The maximum Gasteiger partial charge on any atom is 0.228 e. The van der Waals surface area contributed by atoms with Crippen molar-refractivity contribution >= 4 is 38.9 Å². The normalized spacial score (nSPS) is 14.5. The maximum atomic E-state index is 12.4. The van der Waals surface area contributed by atoms with Crippen molar-refractivity contribution in [2.75, 3.05) is 42.3 Å². The molecular formula is C18H20BrN3O2. The Morgan fingerprint density at radius 3 is 2.58 bits per heavy atom. The molecule has 2 aromatic rings. The molecule has 0 atom stereocenters. The molecule has 1 aliphatic rings. The molecule has 3 rings (SSSR count). The number of nitrogens with one attached hydrogen (secondary N) is 1. The highest BCUT2D eigenvalue weighted by atomic mass is 79.9. The lowest BCUT2D eigenvalue weighted by Gasteiger charge is -2.30. The van der Waals surface area contributed by atoms with Gasteiger partial charge < -0.3 is 20.7 Å². The van der Waals surface area contributed by atoms with Crippen molar-refractivity contribution in [1.29, 1.82) is 0 Å². The Bertz CT molecular complexity index is 713. The van der Waals surface area contributed by atoms with Gasteiger partial charge in [-0.25, -0.2) is 0 Å². The van der Waals surface area contributed by atoms with Gasteiger partial charge in [-0.3, -0.25) is 4.79 Å². The number of carbonyl (C=O) groups is 1. The van der Waals surface area contributed by atoms with Crippen LogP contribution in [-0.2, 0) is 16.0 Å². The van der Waals surface area contributed by atoms with Crippen molar-refractivity contribution in [3.8, 4) is 0 Å². The van der Waals surface area contributed by atoms with Crippen molar-refractivity contribution < 1.29 is 9.53 Å². The average molecular weight is 390 g/mol. The zero-order valence-electron chi connectivity index (χ0n) is 13.3. The molecule has 1 aliphatic heterocycles. The zero-order chi connectivity index (χ0) is 16.9. The molecule has 24 heavy (non-hydrogen) atoms. The Balaban J connectivity index is 1.74. The highest BCUT2D eigenvalue weighted by Crippen LogP contribution is 2.29. The molecule has 0 saturated carbocycles. The van der Waals surface area contributed by atoms with E-state index in [9.17, 15) is 4.79 Å². The Labute approximate surface area is 149 Å². The van der Waals surface area contributed by atoms with Crippen LogP contribution in [0, 0.1) is 0 Å². The minimum Gasteiger partial charge on any atom is -0.399 e. The van der Waals surface area contributed by atoms with E-state index in [0.717, 1.165) is 34.5 Å². The smallest absolute Gasteiger partial charge is 0.228 e. The summed E-state index contributed by atoms with van der Waals surface area (Å²) in [5.74, 6) is -0.0579. The Hall–Kier alpha value is -2.05. The Morgan fingerprint density at radius 2 is 1.88 bits per heavy atom. The van der Waals surface area contributed by atoms with Crippen molar-refractivity contribution in [3.63, 3.8) is 0 Å². The molecule has 126 valence electrons. The number of rotatable bonds is 4. The number of ether oxygens (including phenoxy) is 1. The molecule has 1 amide bonds. The molecule has 1 heterocycles. The van der Waals surface area contributed by atoms with Gasteiger partial charge in [0.15, 0.2) is 0 Å². The Morgan fingerprint density at radius 1 is 1.17 bits per heavy atom. The largest absolute Gasteiger partial charge is 0.399 e. The van der Waals surface area contributed by atoms with Crippen LogP contribution in [0.5, 0.6) is 0 Å². The van der Waals surface area contributed by atoms with Gasteiger partial charge in [-0.1, -0.05) is 28.1 Å². The van der Waals surface area contributed by atoms with Crippen molar-refractivity contribution in [2.24, 2.45) is 0 Å². The molecule has 0 unspecified atom stereocenters. The van der Waals surface area contributed by atoms with E-state index in [0.29, 0.717) is 25.3 Å². The summed E-state index contributed by atoms with van der Waals surface area (Å²) in [5.41, 5.74) is 9.23. The zero-order valence-corrected chi connectivity index (χ0v) is 14.9. The molecule has 0 bridgehead atoms. The number of nitrogens with zero attached hydrogens (tertiary/aromatic N) is 1. The second-order valence-electron chi connectivity index (χ2n) is 5.73. The second kappa shape index (κ2) is 7.68. The first-order valence-corrected chi connectivity index (χ1v) is 8.67. The number of anilines is 3. The van der Waals surface area contributed by atoms with Gasteiger partial charge in [0.05, 0.1) is 31.0 Å². The predicted octanol–water partition coefficient (Wildman–Crippen LogP) is 3.05. The van der Waals surface area contributed by atoms with Gasteiger partial charge in [-0.15, -0.1) is 0 Å². The fourth-order valence-corrected chi connectivity index (χ4v) is 2.98. The summed E-state index contributed by atoms with van der Waals surface area (Å²) in [6.07, 6.45) is 0.324. The van der Waals surface area contributed by atoms with Crippen LogP contribution in [-0.4, -0.2) is 32.2 Å². The van der Waals surface area contributed by atoms with Crippen LogP contribution in [0.15, 0.2) is 46.9 Å². The van der Waals surface area contributed by atoms with E-state index in [1.807, 2.05) is 42.5 Å². The third-order valence-electron chi connectivity index (χ3n) is 3.92. The van der Waals surface area contributed by atoms with Gasteiger partial charge in [0, 0.05) is 23.2 Å². The third kappa shape index (κ3) is 4.27. The van der Waals surface area contributed by atoms with Crippen molar-refractivity contribution in [1.82, 2.24) is 0 Å². The standard InChI is InChI=1S/C18H20BrN3O2/c19-14-3-1-13(2-4-14)11-18(23)21-16-12-15(20)5-6-17(16)22-7-9-24-10-8-22/h1-6,12H,7-11,20H2,(H,21,23). The van der Waals surface area contributed by atoms with Gasteiger partial charge in [0.2, 0.25) is 5.91 Å². The maximum absolute atomic E-state index is 12.4. The van der Waals surface area contributed by atoms with Crippen molar-refractivity contribution in [2.45, 2.75) is 6.42 Å². The second-order valence-corrected chi connectivity index (χ2v) is 6.64. The average Bonchev–Trinajstić information content (AvgIpc) is 2.58. The lowest BCUT2D eigenvalue weighted by atomic mass is 10.1. The van der Waals surface area contributed by atoms with Gasteiger partial charge in [0.1, 0.15) is 0 Å². The van der Waals surface area contributed by atoms with Crippen LogP contribution in [0.4, 0.5) is 17.1 Å². The van der Waals surface area contributed by atoms with E-state index in [1.165, 1.54) is 0 Å². The summed E-state index contributed by atoms with van der Waals surface area (Å²) in [6.45, 7) is 2.99. The molecule has 0 aromatic heterocycles. The topological polar surface area (TPSA) is 67.6 Å². The molecule has 1 fully saturated rings. The molecule has 1 saturated heterocycles. The molecule has 2 aromatic carbocycles. The molecule has 0 aliphatic carbocycles. The van der Waals surface area contributed by atoms with Gasteiger partial charge in [-0.2, -0.15) is 0 Å². The summed E-state index contributed by atoms with van der Waals surface area (Å²) in [7, 11) is 0. The van der Waals surface area contributed by atoms with Gasteiger partial charge in [-0.05, 0) is 35.9 Å². The monoisotopic (exact) mass is 389 g/mol. The quantitative estimate of drug-likeness (QED) is 0.788. The fraction of sp³-hybridized carbons (Fsp3) is 0.278. The van der Waals surface area contributed by atoms with Crippen LogP contribution in [0.1, 0.15) is 5.56 Å². The number of amides is 1. The fourth-order valence-electron chi connectivity index (χ4n) is 2.72. The van der Waals surface area contributed by atoms with Gasteiger partial charge >= 0.3 is 0 Å². The van der Waals surface area contributed by atoms with E-state index >= 15 is 0 Å². The van der Waals surface area contributed by atoms with Crippen LogP contribution < -0.4 is 16.0 Å². The number of nitrogen functional groups attached to an aromatic ring is 1. The summed E-state index contributed by atoms with van der Waals surface area (Å²) in [6, 6.07) is 13.4. The van der Waals surface area contributed by atoms with E-state index in [4.69, 9.17) is 10.5 Å². The van der Waals surface area contributed by atoms with Crippen molar-refractivity contribution in [3.05, 3.63) is 52.5 Å². The summed E-state index contributed by atoms with van der Waals surface area (Å²) >= 11 is 3.40. The molecule has 0 spiro atoms. The van der Waals surface area contributed by atoms with Crippen LogP contribution >= 0.6 is 15.9 Å². The predicted molar refractivity (Wildman–Crippen MR) is 100 cm³/mol. The van der Waals surface area contributed by atoms with E-state index in [2.05, 4.69) is 26.1 Å². The molecule has 3 N–H and O–H groups in total. The number of benzene rings is 2. The number of morpholine rings is 1. The summed E-state index contributed by atoms with van der Waals surface area (Å²) < 4.78 is 6.39. The number of nitrogens with two attached hydrogens (primary N) is 1. The first kappa shape index (κ1) is 16.8. The highest BCUT2D eigenvalue weighted by molar-refractivity contribution is 9.10. The van der Waals surface area contributed by atoms with E-state index in [-0.39, 0.29) is 5.91 Å². The lowest BCUT2D eigenvalue weighted by Crippen LogP contribution is -2.36. The summed E-state index contributed by atoms with van der Waals surface area (Å²) in [5, 5.41) is 3.00. The number of carbonyl (C=O) groups excluding carboxylic acids is 1. The first-order chi connectivity index (χ1) is 11.6. The summed E-state index contributed by atoms with van der Waals surface area (Å²) in [4.78, 5) is 14.6. The molecule has 5 nitrogen and oxygen atoms in total. The minimum atomic E-state index is -0.0579. The number of hydrogen-bond donors (Lipinski definition) is 2. The minimum absolute atomic E-state index is 0.0579. The van der Waals surface area contributed by atoms with Crippen LogP contribution in [0.3, 0.4) is 0 Å². The van der Waals surface area contributed by atoms with Crippen LogP contribution in [0.25, 0.3) is 0 Å². The molecule has 0 radical (unpaired) electrons. The van der Waals surface area contributed by atoms with Crippen LogP contribution in [0.2, 0.25) is 0 Å². The lowest BCUT2D eigenvalue weighted by molar-refractivity contribution is -0.115. The SMILES string of the molecule is Nc1ccc(N2CCOCC2)c(NC(=O)Cc2ccc(Br)cc2)c1. The Kier molecular flexibility index (Phi) is 5.37. The van der Waals surface area contributed by atoms with E-state index in [1.54, 1.807) is 0 Å². The number of halogens is 1. The molecular weight excluding hydrogens is 370 g/mol. The van der Waals surface area contributed by atoms with Gasteiger partial charge in [0.25, 0.3) is 0 Å². The third-order valence-corrected chi connectivity index (χ3v) is 4.45. The van der Waals surface area contributed by atoms with E-state index < -0.39 is 0 Å². The highest BCUT2D eigenvalue weighted by Gasteiger charge is 2.16. The molecule has 6 heteroatoms. The first-order valence-electron chi connectivity index (χ1n) is 7.88. The number of hydrogen-bond acceptors (Lipinski definition) is 4.